The molecule has 0 bridgehead atoms. The maximum absolute atomic E-state index is 13.9. The van der Waals surface area contributed by atoms with E-state index in [2.05, 4.69) is 0 Å². The number of nitro benzene ring substituents is 1. The van der Waals surface area contributed by atoms with Crippen LogP contribution in [-0.2, 0) is 10.0 Å². The van der Waals surface area contributed by atoms with Gasteiger partial charge in [-0.05, 0) is 12.1 Å². The van der Waals surface area contributed by atoms with Crippen molar-refractivity contribution in [2.75, 3.05) is 11.8 Å². The van der Waals surface area contributed by atoms with Gasteiger partial charge in [-0.2, -0.15) is 8.78 Å². The topological polar surface area (TPSA) is 119 Å². The lowest BCUT2D eigenvalue weighted by Crippen LogP contribution is -2.19. The summed E-state index contributed by atoms with van der Waals surface area (Å²) in [5, 5.41) is 20.0. The molecule has 0 heterocycles. The average Bonchev–Trinajstić information content (AvgIpc) is 2.52. The van der Waals surface area contributed by atoms with E-state index >= 15 is 0 Å². The highest BCUT2D eigenvalue weighted by molar-refractivity contribution is 7.92. The Bertz CT molecular complexity index is 983. The number of phenols is 1. The predicted octanol–water partition coefficient (Wildman–Crippen LogP) is 2.67. The van der Waals surface area contributed by atoms with Crippen molar-refractivity contribution in [3.05, 3.63) is 51.6 Å². The summed E-state index contributed by atoms with van der Waals surface area (Å²) in [5.41, 5.74) is -2.60. The van der Waals surface area contributed by atoms with E-state index in [-0.39, 0.29) is 5.75 Å². The number of benzene rings is 2. The zero-order chi connectivity index (χ0) is 19.8. The van der Waals surface area contributed by atoms with Crippen molar-refractivity contribution >= 4 is 21.4 Å². The van der Waals surface area contributed by atoms with Crippen LogP contribution in [0, 0.1) is 33.4 Å². The Labute approximate surface area is 142 Å². The number of anilines is 1. The Kier molecular flexibility index (Phi) is 4.93. The third-order valence-corrected chi connectivity index (χ3v) is 4.48. The van der Waals surface area contributed by atoms with Crippen molar-refractivity contribution in [3.8, 4) is 11.5 Å². The van der Waals surface area contributed by atoms with E-state index in [0.29, 0.717) is 0 Å². The maximum atomic E-state index is 13.9. The van der Waals surface area contributed by atoms with E-state index in [1.165, 1.54) is 7.11 Å². The number of hydrogen-bond acceptors (Lipinski definition) is 6. The molecule has 2 N–H and O–H groups in total. The van der Waals surface area contributed by atoms with Gasteiger partial charge in [-0.15, -0.1) is 0 Å². The number of methoxy groups -OCH3 is 1. The van der Waals surface area contributed by atoms with Crippen LogP contribution in [0.25, 0.3) is 0 Å². The Morgan fingerprint density at radius 3 is 2.08 bits per heavy atom. The van der Waals surface area contributed by atoms with Crippen LogP contribution in [0.3, 0.4) is 0 Å². The van der Waals surface area contributed by atoms with Crippen LogP contribution in [-0.4, -0.2) is 25.6 Å². The van der Waals surface area contributed by atoms with Gasteiger partial charge in [0.05, 0.1) is 17.7 Å². The molecular weight excluding hydrogens is 388 g/mol. The summed E-state index contributed by atoms with van der Waals surface area (Å²) in [6.07, 6.45) is 0. The van der Waals surface area contributed by atoms with Gasteiger partial charge >= 0.3 is 5.69 Å². The molecule has 0 saturated heterocycles. The summed E-state index contributed by atoms with van der Waals surface area (Å²) in [5.74, 6) is -10.5. The molecule has 0 aliphatic heterocycles. The minimum atomic E-state index is -5.25. The van der Waals surface area contributed by atoms with Crippen LogP contribution in [0.15, 0.2) is 23.1 Å². The number of nitrogens with one attached hydrogen (secondary N) is 1. The van der Waals surface area contributed by atoms with Crippen molar-refractivity contribution in [1.82, 2.24) is 0 Å². The molecular formula is C13H8F4N2O6S. The van der Waals surface area contributed by atoms with E-state index in [0.717, 1.165) is 18.2 Å². The third-order valence-electron chi connectivity index (χ3n) is 3.08. The fraction of sp³-hybridized carbons (Fsp3) is 0.0769. The molecule has 2 aromatic rings. The first kappa shape index (κ1) is 19.2. The summed E-state index contributed by atoms with van der Waals surface area (Å²) in [6.45, 7) is 0. The first-order chi connectivity index (χ1) is 12.0. The van der Waals surface area contributed by atoms with Crippen molar-refractivity contribution in [3.63, 3.8) is 0 Å². The third kappa shape index (κ3) is 3.20. The van der Waals surface area contributed by atoms with Crippen molar-refractivity contribution in [2.45, 2.75) is 4.90 Å². The number of nitrogens with zero attached hydrogens (tertiary/aromatic N) is 1. The summed E-state index contributed by atoms with van der Waals surface area (Å²) in [6, 6.07) is 2.91. The zero-order valence-corrected chi connectivity index (χ0v) is 13.4. The SMILES string of the molecule is COc1ccc(NS(=O)(=O)c2c(F)c(F)c([N+](=O)[O-])c(F)c2F)cc1O. The van der Waals surface area contributed by atoms with Crippen LogP contribution in [0.5, 0.6) is 11.5 Å². The quantitative estimate of drug-likeness (QED) is 0.347. The first-order valence-corrected chi connectivity index (χ1v) is 7.89. The molecule has 0 radical (unpaired) electrons. The Morgan fingerprint density at radius 2 is 1.65 bits per heavy atom. The highest BCUT2D eigenvalue weighted by Crippen LogP contribution is 2.34. The molecule has 0 spiro atoms. The normalized spacial score (nSPS) is 11.3. The van der Waals surface area contributed by atoms with Crippen LogP contribution >= 0.6 is 0 Å². The standard InChI is InChI=1S/C13H8F4N2O6S/c1-25-7-3-2-5(4-6(7)20)18-26(23,24)13-10(16)8(14)12(19(21)22)9(15)11(13)17/h2-4,18,20H,1H3. The number of phenolic OH excluding ortho intramolecular Hbond substituents is 1. The van der Waals surface area contributed by atoms with E-state index in [4.69, 9.17) is 4.74 Å². The summed E-state index contributed by atoms with van der Waals surface area (Å²) < 4.78 is 85.5. The molecule has 0 amide bonds. The summed E-state index contributed by atoms with van der Waals surface area (Å²) >= 11 is 0. The second kappa shape index (κ2) is 6.67. The molecule has 0 fully saturated rings. The fourth-order valence-corrected chi connectivity index (χ4v) is 3.15. The Morgan fingerprint density at radius 1 is 1.12 bits per heavy atom. The molecule has 2 aromatic carbocycles. The van der Waals surface area contributed by atoms with Crippen LogP contribution in [0.2, 0.25) is 0 Å². The Balaban J connectivity index is 2.60. The van der Waals surface area contributed by atoms with Crippen LogP contribution in [0.4, 0.5) is 28.9 Å². The number of hydrogen-bond donors (Lipinski definition) is 2. The lowest BCUT2D eigenvalue weighted by Gasteiger charge is -2.12. The molecule has 0 saturated carbocycles. The second-order valence-electron chi connectivity index (χ2n) is 4.68. The summed E-state index contributed by atoms with van der Waals surface area (Å²) in [7, 11) is -4.05. The minimum absolute atomic E-state index is 0.0577. The molecule has 0 aromatic heterocycles. The first-order valence-electron chi connectivity index (χ1n) is 6.41. The molecule has 0 atom stereocenters. The van der Waals surface area contributed by atoms with Gasteiger partial charge in [0.15, 0.2) is 28.0 Å². The molecule has 0 unspecified atom stereocenters. The lowest BCUT2D eigenvalue weighted by molar-refractivity contribution is -0.390. The van der Waals surface area contributed by atoms with Gasteiger partial charge < -0.3 is 9.84 Å². The molecule has 13 heteroatoms. The number of ether oxygens (including phenoxy) is 1. The van der Waals surface area contributed by atoms with Gasteiger partial charge in [-0.25, -0.2) is 17.2 Å². The van der Waals surface area contributed by atoms with Gasteiger partial charge in [0.25, 0.3) is 10.0 Å². The number of nitro groups is 1. The summed E-state index contributed by atoms with van der Waals surface area (Å²) in [4.78, 5) is 6.66. The van der Waals surface area contributed by atoms with Gasteiger partial charge in [0.2, 0.25) is 11.6 Å². The number of aromatic hydroxyl groups is 1. The molecule has 2 rings (SSSR count). The molecule has 0 aliphatic carbocycles. The predicted molar refractivity (Wildman–Crippen MR) is 78.4 cm³/mol. The monoisotopic (exact) mass is 396 g/mol. The zero-order valence-electron chi connectivity index (χ0n) is 12.6. The van der Waals surface area contributed by atoms with E-state index < -0.39 is 60.2 Å². The molecule has 26 heavy (non-hydrogen) atoms. The number of rotatable bonds is 5. The lowest BCUT2D eigenvalue weighted by atomic mass is 10.2. The molecule has 8 nitrogen and oxygen atoms in total. The van der Waals surface area contributed by atoms with E-state index in [1.807, 2.05) is 0 Å². The van der Waals surface area contributed by atoms with Crippen molar-refractivity contribution in [2.24, 2.45) is 0 Å². The van der Waals surface area contributed by atoms with Crippen LogP contribution < -0.4 is 9.46 Å². The Hall–Kier alpha value is -3.09. The van der Waals surface area contributed by atoms with Gasteiger partial charge in [-0.3, -0.25) is 14.8 Å². The van der Waals surface area contributed by atoms with E-state index in [1.54, 1.807) is 4.72 Å². The largest absolute Gasteiger partial charge is 0.504 e. The van der Waals surface area contributed by atoms with E-state index in [9.17, 15) is 41.2 Å². The fourth-order valence-electron chi connectivity index (χ4n) is 1.96. The van der Waals surface area contributed by atoms with Crippen molar-refractivity contribution < 1.29 is 40.7 Å². The number of sulfonamides is 1. The molecule has 140 valence electrons. The minimum Gasteiger partial charge on any atom is -0.504 e. The molecule has 0 aliphatic rings. The smallest absolute Gasteiger partial charge is 0.346 e. The maximum Gasteiger partial charge on any atom is 0.346 e. The average molecular weight is 396 g/mol. The highest BCUT2D eigenvalue weighted by atomic mass is 32.2. The van der Waals surface area contributed by atoms with Gasteiger partial charge in [-0.1, -0.05) is 0 Å². The van der Waals surface area contributed by atoms with Crippen LogP contribution in [0.1, 0.15) is 0 Å². The second-order valence-corrected chi connectivity index (χ2v) is 6.30. The van der Waals surface area contributed by atoms with Crippen molar-refractivity contribution in [1.29, 1.82) is 0 Å². The van der Waals surface area contributed by atoms with Gasteiger partial charge in [0, 0.05) is 6.07 Å². The highest BCUT2D eigenvalue weighted by Gasteiger charge is 2.38. The van der Waals surface area contributed by atoms with Gasteiger partial charge in [0.1, 0.15) is 0 Å². The number of halogens is 4.